The van der Waals surface area contributed by atoms with Gasteiger partial charge in [0.05, 0.1) is 19.3 Å². The van der Waals surface area contributed by atoms with E-state index < -0.39 is 0 Å². The molecule has 0 saturated heterocycles. The van der Waals surface area contributed by atoms with Crippen LogP contribution >= 0.6 is 0 Å². The molecule has 0 aliphatic heterocycles. The summed E-state index contributed by atoms with van der Waals surface area (Å²) in [5, 5.41) is 9.52. The summed E-state index contributed by atoms with van der Waals surface area (Å²) in [5.74, 6) is 0.244. The molecule has 0 fully saturated rings. The first-order valence-corrected chi connectivity index (χ1v) is 5.32. The molecule has 0 bridgehead atoms. The highest BCUT2D eigenvalue weighted by Gasteiger charge is 2.20. The highest BCUT2D eigenvalue weighted by molar-refractivity contribution is 5.13. The molecule has 1 aliphatic carbocycles. The number of ether oxygens (including phenoxy) is 1. The lowest BCUT2D eigenvalue weighted by molar-refractivity contribution is 0.0466. The van der Waals surface area contributed by atoms with Gasteiger partial charge in [-0.1, -0.05) is 42.5 Å². The molecule has 2 nitrogen and oxygen atoms in total. The van der Waals surface area contributed by atoms with Crippen LogP contribution in [-0.4, -0.2) is 17.8 Å². The summed E-state index contributed by atoms with van der Waals surface area (Å²) in [6.45, 7) is 1.26. The van der Waals surface area contributed by atoms with Crippen molar-refractivity contribution in [3.63, 3.8) is 0 Å². The Morgan fingerprint density at radius 3 is 2.73 bits per heavy atom. The maximum atomic E-state index is 9.52. The van der Waals surface area contributed by atoms with E-state index in [2.05, 4.69) is 0 Å². The van der Waals surface area contributed by atoms with Gasteiger partial charge in [-0.25, -0.2) is 0 Å². The molecule has 2 atom stereocenters. The topological polar surface area (TPSA) is 29.5 Å². The number of aliphatic hydroxyl groups excluding tert-OH is 1. The third kappa shape index (κ3) is 2.91. The molecule has 1 aromatic rings. The van der Waals surface area contributed by atoms with Crippen molar-refractivity contribution in [2.24, 2.45) is 5.92 Å². The van der Waals surface area contributed by atoms with Crippen molar-refractivity contribution in [3.8, 4) is 0 Å². The molecule has 1 aliphatic rings. The molecule has 0 radical (unpaired) electrons. The summed E-state index contributed by atoms with van der Waals surface area (Å²) in [6, 6.07) is 10.1. The van der Waals surface area contributed by atoms with Crippen LogP contribution in [0.5, 0.6) is 0 Å². The zero-order valence-corrected chi connectivity index (χ0v) is 8.67. The largest absolute Gasteiger partial charge is 0.389 e. The molecular formula is C13H16O2. The Morgan fingerprint density at radius 1 is 1.27 bits per heavy atom. The van der Waals surface area contributed by atoms with Crippen molar-refractivity contribution in [2.45, 2.75) is 19.1 Å². The van der Waals surface area contributed by atoms with Crippen LogP contribution in [0, 0.1) is 5.92 Å². The number of hydrogen-bond donors (Lipinski definition) is 1. The summed E-state index contributed by atoms with van der Waals surface area (Å²) >= 11 is 0. The predicted molar refractivity (Wildman–Crippen MR) is 59.4 cm³/mol. The summed E-state index contributed by atoms with van der Waals surface area (Å²) < 4.78 is 5.57. The molecule has 0 spiro atoms. The maximum absolute atomic E-state index is 9.52. The first-order valence-electron chi connectivity index (χ1n) is 5.32. The van der Waals surface area contributed by atoms with Crippen molar-refractivity contribution in [2.75, 3.05) is 6.61 Å². The zero-order valence-electron chi connectivity index (χ0n) is 8.67. The van der Waals surface area contributed by atoms with Crippen LogP contribution in [0.1, 0.15) is 12.0 Å². The van der Waals surface area contributed by atoms with E-state index in [9.17, 15) is 5.11 Å². The first kappa shape index (κ1) is 10.4. The molecule has 0 amide bonds. The molecule has 80 valence electrons. The van der Waals surface area contributed by atoms with E-state index in [0.29, 0.717) is 13.2 Å². The highest BCUT2D eigenvalue weighted by atomic mass is 16.5. The molecule has 15 heavy (non-hydrogen) atoms. The molecular weight excluding hydrogens is 188 g/mol. The normalized spacial score (nSPS) is 24.6. The number of benzene rings is 1. The zero-order chi connectivity index (χ0) is 10.5. The van der Waals surface area contributed by atoms with E-state index in [1.807, 2.05) is 42.5 Å². The summed E-state index contributed by atoms with van der Waals surface area (Å²) in [4.78, 5) is 0. The van der Waals surface area contributed by atoms with E-state index in [1.54, 1.807) is 0 Å². The standard InChI is InChI=1S/C13H16O2/c14-13-8-4-7-12(13)10-15-9-11-5-2-1-3-6-11/h1-6,8,12-14H,7,9-10H2/t12-,13-/m1/s1. The molecule has 1 N–H and O–H groups in total. The molecule has 2 heteroatoms. The summed E-state index contributed by atoms with van der Waals surface area (Å²) in [6.07, 6.45) is 4.47. The van der Waals surface area contributed by atoms with Crippen LogP contribution in [0.25, 0.3) is 0 Å². The highest BCUT2D eigenvalue weighted by Crippen LogP contribution is 2.19. The Balaban J connectivity index is 1.71. The Labute approximate surface area is 90.2 Å². The lowest BCUT2D eigenvalue weighted by atomic mass is 10.1. The van der Waals surface area contributed by atoms with Gasteiger partial charge in [0.25, 0.3) is 0 Å². The number of rotatable bonds is 4. The Bertz CT molecular complexity index is 319. The lowest BCUT2D eigenvalue weighted by Gasteiger charge is -2.14. The molecule has 1 aromatic carbocycles. The van der Waals surface area contributed by atoms with Crippen molar-refractivity contribution in [1.29, 1.82) is 0 Å². The Hall–Kier alpha value is -1.12. The fourth-order valence-electron chi connectivity index (χ4n) is 1.76. The second kappa shape index (κ2) is 5.10. The Kier molecular flexibility index (Phi) is 3.54. The third-order valence-electron chi connectivity index (χ3n) is 2.70. The van der Waals surface area contributed by atoms with Gasteiger partial charge in [0.15, 0.2) is 0 Å². The molecule has 0 saturated carbocycles. The van der Waals surface area contributed by atoms with Gasteiger partial charge in [-0.05, 0) is 12.0 Å². The summed E-state index contributed by atoms with van der Waals surface area (Å²) in [5.41, 5.74) is 1.18. The average molecular weight is 204 g/mol. The second-order valence-electron chi connectivity index (χ2n) is 3.92. The van der Waals surface area contributed by atoms with E-state index in [1.165, 1.54) is 5.56 Å². The van der Waals surface area contributed by atoms with Gasteiger partial charge >= 0.3 is 0 Å². The van der Waals surface area contributed by atoms with Crippen LogP contribution in [0.2, 0.25) is 0 Å². The minimum absolute atomic E-state index is 0.244. The molecule has 0 aromatic heterocycles. The van der Waals surface area contributed by atoms with Crippen molar-refractivity contribution in [3.05, 3.63) is 48.0 Å². The van der Waals surface area contributed by atoms with Gasteiger partial charge in [-0.2, -0.15) is 0 Å². The monoisotopic (exact) mass is 204 g/mol. The van der Waals surface area contributed by atoms with E-state index in [0.717, 1.165) is 6.42 Å². The van der Waals surface area contributed by atoms with Crippen LogP contribution in [-0.2, 0) is 11.3 Å². The maximum Gasteiger partial charge on any atom is 0.0774 e. The first-order chi connectivity index (χ1) is 7.36. The van der Waals surface area contributed by atoms with Crippen molar-refractivity contribution >= 4 is 0 Å². The quantitative estimate of drug-likeness (QED) is 0.761. The smallest absolute Gasteiger partial charge is 0.0774 e. The van der Waals surface area contributed by atoms with Gasteiger partial charge < -0.3 is 9.84 Å². The number of aliphatic hydroxyl groups is 1. The SMILES string of the molecule is O[C@@H]1C=CC[C@@H]1COCc1ccccc1. The third-order valence-corrected chi connectivity index (χ3v) is 2.70. The fourth-order valence-corrected chi connectivity index (χ4v) is 1.76. The minimum atomic E-state index is -0.319. The second-order valence-corrected chi connectivity index (χ2v) is 3.92. The van der Waals surface area contributed by atoms with Crippen LogP contribution in [0.3, 0.4) is 0 Å². The van der Waals surface area contributed by atoms with Gasteiger partial charge in [-0.3, -0.25) is 0 Å². The molecule has 2 rings (SSSR count). The van der Waals surface area contributed by atoms with Crippen LogP contribution < -0.4 is 0 Å². The van der Waals surface area contributed by atoms with E-state index >= 15 is 0 Å². The summed E-state index contributed by atoms with van der Waals surface area (Å²) in [7, 11) is 0. The van der Waals surface area contributed by atoms with Gasteiger partial charge in [0, 0.05) is 5.92 Å². The number of hydrogen-bond acceptors (Lipinski definition) is 2. The number of allylic oxidation sites excluding steroid dienone is 1. The van der Waals surface area contributed by atoms with Crippen LogP contribution in [0.15, 0.2) is 42.5 Å². The van der Waals surface area contributed by atoms with Gasteiger partial charge in [0.1, 0.15) is 0 Å². The van der Waals surface area contributed by atoms with Crippen molar-refractivity contribution in [1.82, 2.24) is 0 Å². The lowest BCUT2D eigenvalue weighted by Crippen LogP contribution is -2.18. The minimum Gasteiger partial charge on any atom is -0.389 e. The van der Waals surface area contributed by atoms with E-state index in [4.69, 9.17) is 4.74 Å². The van der Waals surface area contributed by atoms with Gasteiger partial charge in [-0.15, -0.1) is 0 Å². The molecule has 0 unspecified atom stereocenters. The fraction of sp³-hybridized carbons (Fsp3) is 0.385. The predicted octanol–water partition coefficient (Wildman–Crippen LogP) is 2.14. The van der Waals surface area contributed by atoms with Gasteiger partial charge in [0.2, 0.25) is 0 Å². The van der Waals surface area contributed by atoms with Crippen molar-refractivity contribution < 1.29 is 9.84 Å². The molecule has 0 heterocycles. The average Bonchev–Trinajstić information content (AvgIpc) is 2.66. The van der Waals surface area contributed by atoms with E-state index in [-0.39, 0.29) is 12.0 Å². The Morgan fingerprint density at radius 2 is 2.07 bits per heavy atom. The van der Waals surface area contributed by atoms with Crippen LogP contribution in [0.4, 0.5) is 0 Å².